The Morgan fingerprint density at radius 1 is 1.73 bits per heavy atom. The van der Waals surface area contributed by atoms with Gasteiger partial charge in [-0.05, 0) is 12.1 Å². The number of nitrogens with zero attached hydrogens (tertiary/aromatic N) is 1. The fraction of sp³-hybridized carbons (Fsp3) is 0.286. The smallest absolute Gasteiger partial charge is 0.265 e. The van der Waals surface area contributed by atoms with Gasteiger partial charge in [-0.15, -0.1) is 0 Å². The summed E-state index contributed by atoms with van der Waals surface area (Å²) in [6.07, 6.45) is 1.70. The van der Waals surface area contributed by atoms with Crippen LogP contribution in [0.15, 0.2) is 18.3 Å². The summed E-state index contributed by atoms with van der Waals surface area (Å²) in [7, 11) is 0. The Morgan fingerprint density at radius 3 is 3.00 bits per heavy atom. The number of aromatic nitrogens is 1. The molecule has 0 saturated heterocycles. The van der Waals surface area contributed by atoms with Crippen molar-refractivity contribution < 1.29 is 9.90 Å². The highest BCUT2D eigenvalue weighted by Crippen LogP contribution is 1.99. The molecule has 11 heavy (non-hydrogen) atoms. The van der Waals surface area contributed by atoms with Crippen LogP contribution in [0.25, 0.3) is 0 Å². The fourth-order valence-electron chi connectivity index (χ4n) is 0.941. The van der Waals surface area contributed by atoms with Gasteiger partial charge in [0.2, 0.25) is 0 Å². The van der Waals surface area contributed by atoms with E-state index in [0.29, 0.717) is 12.2 Å². The average Bonchev–Trinajstić information content (AvgIpc) is 2.36. The minimum Gasteiger partial charge on any atom is -0.395 e. The van der Waals surface area contributed by atoms with Crippen molar-refractivity contribution in [1.29, 1.82) is 0 Å². The Labute approximate surface area is 64.2 Å². The van der Waals surface area contributed by atoms with Crippen molar-refractivity contribution in [2.75, 3.05) is 6.61 Å². The van der Waals surface area contributed by atoms with Gasteiger partial charge in [-0.1, -0.05) is 0 Å². The zero-order chi connectivity index (χ0) is 8.27. The lowest BCUT2D eigenvalue weighted by atomic mass is 10.4. The third kappa shape index (κ3) is 1.59. The zero-order valence-electron chi connectivity index (χ0n) is 6.03. The molecule has 0 fully saturated rings. The zero-order valence-corrected chi connectivity index (χ0v) is 6.03. The van der Waals surface area contributed by atoms with Crippen LogP contribution in [0.5, 0.6) is 0 Å². The number of rotatable bonds is 3. The minimum absolute atomic E-state index is 0.00889. The molecule has 0 aromatic carbocycles. The Kier molecular flexibility index (Phi) is 2.28. The second-order valence-corrected chi connectivity index (χ2v) is 2.17. The first kappa shape index (κ1) is 7.81. The molecule has 4 nitrogen and oxygen atoms in total. The van der Waals surface area contributed by atoms with Crippen LogP contribution in [-0.4, -0.2) is 22.2 Å². The van der Waals surface area contributed by atoms with E-state index in [-0.39, 0.29) is 6.61 Å². The fourth-order valence-corrected chi connectivity index (χ4v) is 0.941. The molecule has 0 spiro atoms. The van der Waals surface area contributed by atoms with Crippen molar-refractivity contribution in [2.24, 2.45) is 5.73 Å². The molecule has 0 aliphatic carbocycles. The molecule has 1 aromatic rings. The molecule has 1 rings (SSSR count). The highest BCUT2D eigenvalue weighted by molar-refractivity contribution is 5.91. The number of hydrogen-bond donors (Lipinski definition) is 2. The Bertz CT molecular complexity index is 255. The maximum Gasteiger partial charge on any atom is 0.265 e. The van der Waals surface area contributed by atoms with E-state index in [1.807, 2.05) is 0 Å². The predicted molar refractivity (Wildman–Crippen MR) is 40.0 cm³/mol. The van der Waals surface area contributed by atoms with Gasteiger partial charge in [-0.2, -0.15) is 0 Å². The first-order valence-corrected chi connectivity index (χ1v) is 3.31. The number of amides is 1. The van der Waals surface area contributed by atoms with Crippen molar-refractivity contribution in [3.05, 3.63) is 24.0 Å². The van der Waals surface area contributed by atoms with Crippen LogP contribution in [0.3, 0.4) is 0 Å². The van der Waals surface area contributed by atoms with Crippen LogP contribution in [-0.2, 0) is 6.54 Å². The molecule has 0 aliphatic heterocycles. The van der Waals surface area contributed by atoms with Crippen LogP contribution < -0.4 is 5.73 Å². The summed E-state index contributed by atoms with van der Waals surface area (Å²) in [4.78, 5) is 10.7. The van der Waals surface area contributed by atoms with E-state index in [1.54, 1.807) is 22.9 Å². The molecule has 1 amide bonds. The summed E-state index contributed by atoms with van der Waals surface area (Å²) < 4.78 is 1.61. The molecular weight excluding hydrogens is 144 g/mol. The van der Waals surface area contributed by atoms with Crippen LogP contribution in [0.2, 0.25) is 0 Å². The highest BCUT2D eigenvalue weighted by Gasteiger charge is 2.04. The predicted octanol–water partition coefficient (Wildman–Crippen LogP) is -0.421. The molecule has 0 aliphatic rings. The monoisotopic (exact) mass is 154 g/mol. The lowest BCUT2D eigenvalue weighted by Crippen LogP contribution is -2.17. The third-order valence-electron chi connectivity index (χ3n) is 1.42. The normalized spacial score (nSPS) is 9.91. The van der Waals surface area contributed by atoms with E-state index in [0.717, 1.165) is 0 Å². The summed E-state index contributed by atoms with van der Waals surface area (Å²) in [6, 6.07) is 3.34. The first-order valence-electron chi connectivity index (χ1n) is 3.31. The van der Waals surface area contributed by atoms with Crippen molar-refractivity contribution in [1.82, 2.24) is 4.57 Å². The standard InChI is InChI=1S/C7H10N2O2/c8-7(11)6-2-1-3-9(6)4-5-10/h1-3,10H,4-5H2,(H2,8,11). The summed E-state index contributed by atoms with van der Waals surface area (Å²) in [6.45, 7) is 0.417. The number of hydrogen-bond acceptors (Lipinski definition) is 2. The van der Waals surface area contributed by atoms with E-state index < -0.39 is 5.91 Å². The number of aliphatic hydroxyl groups excluding tert-OH is 1. The maximum atomic E-state index is 10.7. The molecule has 0 unspecified atom stereocenters. The van der Waals surface area contributed by atoms with E-state index in [4.69, 9.17) is 10.8 Å². The molecule has 1 heterocycles. The lowest BCUT2D eigenvalue weighted by molar-refractivity contribution is 0.0990. The van der Waals surface area contributed by atoms with Crippen molar-refractivity contribution in [3.8, 4) is 0 Å². The molecule has 0 bridgehead atoms. The molecule has 4 heteroatoms. The van der Waals surface area contributed by atoms with Crippen LogP contribution in [0.1, 0.15) is 10.5 Å². The van der Waals surface area contributed by atoms with E-state index in [9.17, 15) is 4.79 Å². The lowest BCUT2D eigenvalue weighted by Gasteiger charge is -2.02. The van der Waals surface area contributed by atoms with Gasteiger partial charge in [-0.3, -0.25) is 4.79 Å². The second-order valence-electron chi connectivity index (χ2n) is 2.17. The summed E-state index contributed by atoms with van der Waals surface area (Å²) in [5.74, 6) is -0.469. The van der Waals surface area contributed by atoms with Crippen molar-refractivity contribution >= 4 is 5.91 Å². The van der Waals surface area contributed by atoms with Crippen LogP contribution in [0.4, 0.5) is 0 Å². The Hall–Kier alpha value is -1.29. The molecular formula is C7H10N2O2. The van der Waals surface area contributed by atoms with Gasteiger partial charge in [0.1, 0.15) is 5.69 Å². The van der Waals surface area contributed by atoms with Gasteiger partial charge < -0.3 is 15.4 Å². The third-order valence-corrected chi connectivity index (χ3v) is 1.42. The molecule has 0 atom stereocenters. The Morgan fingerprint density at radius 2 is 2.45 bits per heavy atom. The van der Waals surface area contributed by atoms with Crippen LogP contribution in [0, 0.1) is 0 Å². The quantitative estimate of drug-likeness (QED) is 0.620. The van der Waals surface area contributed by atoms with E-state index >= 15 is 0 Å². The van der Waals surface area contributed by atoms with E-state index in [2.05, 4.69) is 0 Å². The van der Waals surface area contributed by atoms with Gasteiger partial charge in [0.15, 0.2) is 0 Å². The summed E-state index contributed by atoms with van der Waals surface area (Å²) in [5.41, 5.74) is 5.48. The largest absolute Gasteiger partial charge is 0.395 e. The number of carbonyl (C=O) groups excluding carboxylic acids is 1. The van der Waals surface area contributed by atoms with Crippen molar-refractivity contribution in [3.63, 3.8) is 0 Å². The highest BCUT2D eigenvalue weighted by atomic mass is 16.3. The van der Waals surface area contributed by atoms with Gasteiger partial charge >= 0.3 is 0 Å². The number of aliphatic hydroxyl groups is 1. The molecule has 3 N–H and O–H groups in total. The van der Waals surface area contributed by atoms with Gasteiger partial charge in [0, 0.05) is 12.7 Å². The van der Waals surface area contributed by atoms with Crippen molar-refractivity contribution in [2.45, 2.75) is 6.54 Å². The molecule has 0 radical (unpaired) electrons. The van der Waals surface area contributed by atoms with Crippen LogP contribution >= 0.6 is 0 Å². The van der Waals surface area contributed by atoms with E-state index in [1.165, 1.54) is 0 Å². The van der Waals surface area contributed by atoms with Gasteiger partial charge in [0.05, 0.1) is 6.61 Å². The maximum absolute atomic E-state index is 10.7. The number of nitrogens with two attached hydrogens (primary N) is 1. The summed E-state index contributed by atoms with van der Waals surface area (Å²) in [5, 5.41) is 8.57. The Balaban J connectivity index is 2.87. The number of primary amides is 1. The summed E-state index contributed by atoms with van der Waals surface area (Å²) >= 11 is 0. The molecule has 60 valence electrons. The molecule has 0 saturated carbocycles. The topological polar surface area (TPSA) is 68.2 Å². The second kappa shape index (κ2) is 3.21. The molecule has 1 aromatic heterocycles. The van der Waals surface area contributed by atoms with Gasteiger partial charge in [-0.25, -0.2) is 0 Å². The SMILES string of the molecule is NC(=O)c1cccn1CCO. The average molecular weight is 154 g/mol. The number of carbonyl (C=O) groups is 1. The van der Waals surface area contributed by atoms with Gasteiger partial charge in [0.25, 0.3) is 5.91 Å². The minimum atomic E-state index is -0.469. The first-order chi connectivity index (χ1) is 5.25.